The molecule has 0 bridgehead atoms. The van der Waals surface area contributed by atoms with Crippen molar-refractivity contribution in [1.82, 2.24) is 19.6 Å². The van der Waals surface area contributed by atoms with Crippen molar-refractivity contribution in [2.24, 2.45) is 7.05 Å². The highest BCUT2D eigenvalue weighted by molar-refractivity contribution is 6.46. The third-order valence-corrected chi connectivity index (χ3v) is 6.46. The normalized spacial score (nSPS) is 21.1. The van der Waals surface area contributed by atoms with Crippen LogP contribution in [-0.2, 0) is 21.4 Å². The van der Waals surface area contributed by atoms with Gasteiger partial charge in [0.25, 0.3) is 11.7 Å². The molecule has 0 aliphatic carbocycles. The first-order valence-electron chi connectivity index (χ1n) is 11.1. The minimum Gasteiger partial charge on any atom is -0.507 e. The maximum atomic E-state index is 13.2. The number of carbonyl (C=O) groups is 2. The second kappa shape index (κ2) is 9.36. The van der Waals surface area contributed by atoms with Crippen molar-refractivity contribution in [2.45, 2.75) is 19.9 Å². The number of aliphatic hydroxyl groups is 1. The molecular weight excluding hydrogens is 424 g/mol. The van der Waals surface area contributed by atoms with Crippen molar-refractivity contribution >= 4 is 17.4 Å². The number of aromatic nitrogens is 2. The molecule has 1 aromatic heterocycles. The molecule has 176 valence electrons. The number of carbonyl (C=O) groups excluding carboxylic acids is 2. The van der Waals surface area contributed by atoms with Crippen LogP contribution in [0.5, 0.6) is 5.75 Å². The van der Waals surface area contributed by atoms with Gasteiger partial charge in [0, 0.05) is 38.9 Å². The number of ketones is 1. The summed E-state index contributed by atoms with van der Waals surface area (Å²) in [6.07, 6.45) is 0. The lowest BCUT2D eigenvalue weighted by molar-refractivity contribution is -0.140. The predicted octanol–water partition coefficient (Wildman–Crippen LogP) is 1.80. The minimum atomic E-state index is -0.722. The van der Waals surface area contributed by atoms with Gasteiger partial charge in [-0.2, -0.15) is 5.10 Å². The summed E-state index contributed by atoms with van der Waals surface area (Å²) in [5, 5.41) is 15.7. The van der Waals surface area contributed by atoms with Crippen molar-refractivity contribution in [3.8, 4) is 5.75 Å². The highest BCUT2D eigenvalue weighted by Gasteiger charge is 2.46. The quantitative estimate of drug-likeness (QED) is 0.404. The number of morpholine rings is 1. The Morgan fingerprint density at radius 1 is 1.21 bits per heavy atom. The molecule has 1 atom stereocenters. The van der Waals surface area contributed by atoms with E-state index in [2.05, 4.69) is 10.00 Å². The number of nitrogens with zero attached hydrogens (tertiary/aromatic N) is 4. The summed E-state index contributed by atoms with van der Waals surface area (Å²) in [6, 6.07) is 6.54. The lowest BCUT2D eigenvalue weighted by atomic mass is 9.94. The van der Waals surface area contributed by atoms with Gasteiger partial charge in [-0.25, -0.2) is 0 Å². The topological polar surface area (TPSA) is 97.1 Å². The van der Waals surface area contributed by atoms with Crippen LogP contribution in [0.2, 0.25) is 0 Å². The zero-order chi connectivity index (χ0) is 23.7. The van der Waals surface area contributed by atoms with Crippen molar-refractivity contribution < 1.29 is 24.2 Å². The average molecular weight is 455 g/mol. The average Bonchev–Trinajstić information content (AvgIpc) is 3.23. The number of rotatable bonds is 6. The van der Waals surface area contributed by atoms with Crippen LogP contribution in [0.1, 0.15) is 28.6 Å². The Labute approximate surface area is 193 Å². The zero-order valence-electron chi connectivity index (χ0n) is 19.5. The van der Waals surface area contributed by atoms with Crippen molar-refractivity contribution in [2.75, 3.05) is 46.5 Å². The number of hydrogen-bond acceptors (Lipinski definition) is 7. The van der Waals surface area contributed by atoms with Gasteiger partial charge in [-0.3, -0.25) is 19.2 Å². The van der Waals surface area contributed by atoms with E-state index in [9.17, 15) is 14.7 Å². The number of benzene rings is 1. The molecule has 9 nitrogen and oxygen atoms in total. The maximum absolute atomic E-state index is 13.2. The van der Waals surface area contributed by atoms with Gasteiger partial charge in [-0.05, 0) is 31.5 Å². The van der Waals surface area contributed by atoms with Gasteiger partial charge < -0.3 is 19.5 Å². The molecule has 2 aliphatic heterocycles. The molecule has 1 N–H and O–H groups in total. The zero-order valence-corrected chi connectivity index (χ0v) is 19.5. The van der Waals surface area contributed by atoms with Gasteiger partial charge in [0.15, 0.2) is 0 Å². The fourth-order valence-corrected chi connectivity index (χ4v) is 4.59. The van der Waals surface area contributed by atoms with Crippen LogP contribution in [0.25, 0.3) is 5.76 Å². The Kier molecular flexibility index (Phi) is 6.53. The third kappa shape index (κ3) is 4.26. The monoisotopic (exact) mass is 454 g/mol. The minimum absolute atomic E-state index is 0.0782. The van der Waals surface area contributed by atoms with Crippen molar-refractivity contribution in [3.63, 3.8) is 0 Å². The summed E-state index contributed by atoms with van der Waals surface area (Å²) < 4.78 is 12.4. The van der Waals surface area contributed by atoms with Gasteiger partial charge in [-0.15, -0.1) is 0 Å². The second-order valence-corrected chi connectivity index (χ2v) is 8.39. The molecule has 4 rings (SSSR count). The highest BCUT2D eigenvalue weighted by Crippen LogP contribution is 2.41. The van der Waals surface area contributed by atoms with Crippen LogP contribution in [0.15, 0.2) is 29.8 Å². The number of Topliss-reactive ketones (excluding diaryl/α,β-unsaturated/α-hetero) is 1. The van der Waals surface area contributed by atoms with Crippen LogP contribution in [-0.4, -0.2) is 82.9 Å². The van der Waals surface area contributed by atoms with Gasteiger partial charge in [0.2, 0.25) is 0 Å². The molecule has 0 spiro atoms. The van der Waals surface area contributed by atoms with Crippen LogP contribution in [0, 0.1) is 13.8 Å². The van der Waals surface area contributed by atoms with Gasteiger partial charge in [0.1, 0.15) is 11.5 Å². The van der Waals surface area contributed by atoms with E-state index >= 15 is 0 Å². The van der Waals surface area contributed by atoms with Gasteiger partial charge in [0.05, 0.1) is 43.2 Å². The molecule has 2 aliphatic rings. The summed E-state index contributed by atoms with van der Waals surface area (Å²) in [5.74, 6) is -0.889. The van der Waals surface area contributed by atoms with E-state index in [1.54, 1.807) is 42.8 Å². The maximum Gasteiger partial charge on any atom is 0.295 e. The smallest absolute Gasteiger partial charge is 0.295 e. The molecule has 1 aromatic carbocycles. The van der Waals surface area contributed by atoms with Crippen LogP contribution < -0.4 is 4.74 Å². The van der Waals surface area contributed by atoms with Crippen molar-refractivity contribution in [3.05, 3.63) is 52.4 Å². The van der Waals surface area contributed by atoms with E-state index < -0.39 is 17.7 Å². The number of methoxy groups -OCH3 is 1. The standard InChI is InChI=1S/C24H30N4O5/c1-15-19(16(2)26(3)25-15)22(29)20-21(17-6-5-7-18(14-17)32-4)28(24(31)23(20)30)9-8-27-10-12-33-13-11-27/h5-7,14,21,29H,8-13H2,1-4H3/t21-/m1/s1. The molecule has 33 heavy (non-hydrogen) atoms. The Hall–Kier alpha value is -3.17. The number of ether oxygens (including phenoxy) is 2. The summed E-state index contributed by atoms with van der Waals surface area (Å²) in [5.41, 5.74) is 2.58. The van der Waals surface area contributed by atoms with Crippen LogP contribution in [0.4, 0.5) is 0 Å². The highest BCUT2D eigenvalue weighted by atomic mass is 16.5. The van der Waals surface area contributed by atoms with E-state index in [1.165, 1.54) is 0 Å². The second-order valence-electron chi connectivity index (χ2n) is 8.39. The van der Waals surface area contributed by atoms with E-state index in [-0.39, 0.29) is 11.3 Å². The van der Waals surface area contributed by atoms with Crippen LogP contribution >= 0.6 is 0 Å². The number of aryl methyl sites for hydroxylation is 2. The number of amides is 1. The first-order chi connectivity index (χ1) is 15.8. The van der Waals surface area contributed by atoms with E-state index in [0.717, 1.165) is 13.1 Å². The first-order valence-corrected chi connectivity index (χ1v) is 11.1. The van der Waals surface area contributed by atoms with Crippen LogP contribution in [0.3, 0.4) is 0 Å². The summed E-state index contributed by atoms with van der Waals surface area (Å²) in [4.78, 5) is 30.2. The molecule has 0 saturated carbocycles. The van der Waals surface area contributed by atoms with E-state index in [1.807, 2.05) is 19.1 Å². The molecule has 9 heteroatoms. The lowest BCUT2D eigenvalue weighted by Gasteiger charge is -2.31. The lowest BCUT2D eigenvalue weighted by Crippen LogP contribution is -2.42. The molecule has 3 heterocycles. The number of aliphatic hydroxyl groups excluding tert-OH is 1. The molecule has 2 saturated heterocycles. The van der Waals surface area contributed by atoms with Crippen molar-refractivity contribution in [1.29, 1.82) is 0 Å². The van der Waals surface area contributed by atoms with E-state index in [4.69, 9.17) is 9.47 Å². The number of hydrogen-bond donors (Lipinski definition) is 1. The molecule has 0 radical (unpaired) electrons. The Balaban J connectivity index is 1.79. The Morgan fingerprint density at radius 2 is 1.94 bits per heavy atom. The first kappa shape index (κ1) is 23.0. The van der Waals surface area contributed by atoms with E-state index in [0.29, 0.717) is 54.6 Å². The third-order valence-electron chi connectivity index (χ3n) is 6.46. The van der Waals surface area contributed by atoms with Gasteiger partial charge in [-0.1, -0.05) is 12.1 Å². The largest absolute Gasteiger partial charge is 0.507 e. The molecule has 2 fully saturated rings. The molecule has 1 amide bonds. The van der Waals surface area contributed by atoms with Gasteiger partial charge >= 0.3 is 0 Å². The SMILES string of the molecule is COc1cccc([C@@H]2C(=C(O)c3c(C)nn(C)c3C)C(=O)C(=O)N2CCN2CCOCC2)c1. The summed E-state index contributed by atoms with van der Waals surface area (Å²) >= 11 is 0. The summed E-state index contributed by atoms with van der Waals surface area (Å²) in [7, 11) is 3.34. The Morgan fingerprint density at radius 3 is 2.58 bits per heavy atom. The fourth-order valence-electron chi connectivity index (χ4n) is 4.59. The number of likely N-dealkylation sites (tertiary alicyclic amines) is 1. The molecule has 0 unspecified atom stereocenters. The molecular formula is C24H30N4O5. The molecule has 2 aromatic rings. The fraction of sp³-hybridized carbons (Fsp3) is 0.458. The predicted molar refractivity (Wildman–Crippen MR) is 122 cm³/mol. The summed E-state index contributed by atoms with van der Waals surface area (Å²) in [6.45, 7) is 7.43. The Bertz CT molecular complexity index is 1100.